The Labute approximate surface area is 170 Å². The lowest BCUT2D eigenvalue weighted by molar-refractivity contribution is 0.0695. The molecule has 1 saturated heterocycles. The SMILES string of the molecule is CCc1cc(C(=O)O)c(=O)[nH]c1-c1ccc(N2C[C@H]3C[C@@H](NC)[C@H]3C2)cc1.Cl. The number of halogens is 1. The van der Waals surface area contributed by atoms with Gasteiger partial charge in [-0.2, -0.15) is 0 Å². The molecule has 7 heteroatoms. The van der Waals surface area contributed by atoms with E-state index in [-0.39, 0.29) is 18.0 Å². The highest BCUT2D eigenvalue weighted by Gasteiger charge is 2.46. The Hall–Kier alpha value is -2.31. The third-order valence-corrected chi connectivity index (χ3v) is 6.19. The number of hydrogen-bond donors (Lipinski definition) is 3. The Morgan fingerprint density at radius 3 is 2.61 bits per heavy atom. The average molecular weight is 404 g/mol. The molecule has 2 fully saturated rings. The monoisotopic (exact) mass is 403 g/mol. The third kappa shape index (κ3) is 3.42. The first kappa shape index (κ1) is 20.4. The van der Waals surface area contributed by atoms with Crippen LogP contribution < -0.4 is 15.8 Å². The molecule has 6 nitrogen and oxygen atoms in total. The summed E-state index contributed by atoms with van der Waals surface area (Å²) in [5.41, 5.74) is 2.86. The quantitative estimate of drug-likeness (QED) is 0.714. The van der Waals surface area contributed by atoms with Crippen LogP contribution in [-0.2, 0) is 6.42 Å². The van der Waals surface area contributed by atoms with E-state index >= 15 is 0 Å². The number of aromatic nitrogens is 1. The van der Waals surface area contributed by atoms with Crippen molar-refractivity contribution in [3.05, 3.63) is 51.8 Å². The van der Waals surface area contributed by atoms with Gasteiger partial charge in [0.25, 0.3) is 5.56 Å². The molecule has 2 aromatic rings. The summed E-state index contributed by atoms with van der Waals surface area (Å²) in [5.74, 6) is 0.325. The number of nitrogens with zero attached hydrogens (tertiary/aromatic N) is 1. The normalized spacial score (nSPS) is 22.9. The number of carboxylic acids is 1. The highest BCUT2D eigenvalue weighted by molar-refractivity contribution is 5.88. The minimum absolute atomic E-state index is 0. The fraction of sp³-hybridized carbons (Fsp3) is 0.429. The molecule has 2 heterocycles. The van der Waals surface area contributed by atoms with Crippen molar-refractivity contribution < 1.29 is 9.90 Å². The zero-order valence-electron chi connectivity index (χ0n) is 16.1. The molecule has 1 aliphatic carbocycles. The Morgan fingerprint density at radius 1 is 1.29 bits per heavy atom. The minimum atomic E-state index is -1.20. The van der Waals surface area contributed by atoms with Gasteiger partial charge < -0.3 is 20.3 Å². The maximum atomic E-state index is 12.1. The van der Waals surface area contributed by atoms with Gasteiger partial charge in [-0.25, -0.2) is 4.79 Å². The molecule has 3 atom stereocenters. The molecule has 28 heavy (non-hydrogen) atoms. The molecule has 0 spiro atoms. The predicted octanol–water partition coefficient (Wildman–Crippen LogP) is 2.77. The molecular formula is C21H26ClN3O3. The molecule has 0 unspecified atom stereocenters. The lowest BCUT2D eigenvalue weighted by Gasteiger charge is -2.38. The molecule has 1 aliphatic heterocycles. The zero-order valence-corrected chi connectivity index (χ0v) is 16.9. The van der Waals surface area contributed by atoms with Gasteiger partial charge in [0.1, 0.15) is 5.56 Å². The van der Waals surface area contributed by atoms with Crippen molar-refractivity contribution in [2.24, 2.45) is 11.8 Å². The number of nitrogens with one attached hydrogen (secondary N) is 2. The molecule has 3 N–H and O–H groups in total. The molecule has 0 radical (unpaired) electrons. The van der Waals surface area contributed by atoms with Gasteiger partial charge in [0.15, 0.2) is 0 Å². The third-order valence-electron chi connectivity index (χ3n) is 6.19. The van der Waals surface area contributed by atoms with Crippen LogP contribution in [0.4, 0.5) is 5.69 Å². The van der Waals surface area contributed by atoms with Crippen LogP contribution in [0.3, 0.4) is 0 Å². The number of carboxylic acid groups (broad SMARTS) is 1. The van der Waals surface area contributed by atoms with E-state index in [0.717, 1.165) is 36.1 Å². The topological polar surface area (TPSA) is 85.4 Å². The second-order valence-corrected chi connectivity index (χ2v) is 7.58. The number of aryl methyl sites for hydroxylation is 1. The summed E-state index contributed by atoms with van der Waals surface area (Å²) in [6, 6.07) is 10.3. The van der Waals surface area contributed by atoms with Gasteiger partial charge in [-0.05, 0) is 61.1 Å². The van der Waals surface area contributed by atoms with Crippen LogP contribution in [-0.4, -0.2) is 42.2 Å². The second-order valence-electron chi connectivity index (χ2n) is 7.58. The molecular weight excluding hydrogens is 378 g/mol. The number of hydrogen-bond acceptors (Lipinski definition) is 4. The van der Waals surface area contributed by atoms with Crippen LogP contribution >= 0.6 is 12.4 Å². The van der Waals surface area contributed by atoms with Gasteiger partial charge in [0.2, 0.25) is 0 Å². The van der Waals surface area contributed by atoms with Gasteiger partial charge in [-0.1, -0.05) is 19.1 Å². The fourth-order valence-electron chi connectivity index (χ4n) is 4.56. The van der Waals surface area contributed by atoms with E-state index in [1.54, 1.807) is 0 Å². The number of benzene rings is 1. The summed E-state index contributed by atoms with van der Waals surface area (Å²) in [5, 5.41) is 12.6. The standard InChI is InChI=1S/C21H25N3O3.ClH/c1-3-12-8-16(21(26)27)20(25)23-19(12)13-4-6-15(7-5-13)24-10-14-9-18(22-2)17(14)11-24;/h4-8,14,17-18,22H,3,9-11H2,1-2H3,(H,23,25)(H,26,27);1H/t14-,17+,18-;/m1./s1. The van der Waals surface area contributed by atoms with E-state index in [1.807, 2.05) is 26.1 Å². The highest BCUT2D eigenvalue weighted by Crippen LogP contribution is 2.42. The van der Waals surface area contributed by atoms with Crippen molar-refractivity contribution in [2.45, 2.75) is 25.8 Å². The highest BCUT2D eigenvalue weighted by atomic mass is 35.5. The number of H-pyrrole nitrogens is 1. The molecule has 4 rings (SSSR count). The average Bonchev–Trinajstić information content (AvgIpc) is 2.99. The van der Waals surface area contributed by atoms with Crippen molar-refractivity contribution in [2.75, 3.05) is 25.0 Å². The largest absolute Gasteiger partial charge is 0.477 e. The number of pyridine rings is 1. The van der Waals surface area contributed by atoms with E-state index < -0.39 is 11.5 Å². The number of rotatable bonds is 5. The summed E-state index contributed by atoms with van der Waals surface area (Å²) in [6.07, 6.45) is 1.90. The summed E-state index contributed by atoms with van der Waals surface area (Å²) in [6.45, 7) is 4.14. The van der Waals surface area contributed by atoms with Gasteiger partial charge in [-0.3, -0.25) is 4.79 Å². The van der Waals surface area contributed by atoms with Crippen molar-refractivity contribution in [3.63, 3.8) is 0 Å². The molecule has 1 aromatic heterocycles. The van der Waals surface area contributed by atoms with E-state index in [1.165, 1.54) is 18.2 Å². The molecule has 1 saturated carbocycles. The van der Waals surface area contributed by atoms with E-state index in [4.69, 9.17) is 5.11 Å². The van der Waals surface area contributed by atoms with Gasteiger partial charge in [0, 0.05) is 24.8 Å². The number of anilines is 1. The number of fused-ring (bicyclic) bond motifs is 1. The van der Waals surface area contributed by atoms with Crippen LogP contribution in [0.1, 0.15) is 29.3 Å². The van der Waals surface area contributed by atoms with Crippen LogP contribution in [0.5, 0.6) is 0 Å². The second kappa shape index (κ2) is 7.97. The predicted molar refractivity (Wildman–Crippen MR) is 113 cm³/mol. The first-order chi connectivity index (χ1) is 13.0. The number of carbonyl (C=O) groups is 1. The smallest absolute Gasteiger partial charge is 0.341 e. The molecule has 0 bridgehead atoms. The summed E-state index contributed by atoms with van der Waals surface area (Å²) >= 11 is 0. The number of aromatic amines is 1. The van der Waals surface area contributed by atoms with Crippen molar-refractivity contribution in [3.8, 4) is 11.3 Å². The van der Waals surface area contributed by atoms with E-state index in [0.29, 0.717) is 18.2 Å². The van der Waals surface area contributed by atoms with Crippen molar-refractivity contribution in [1.82, 2.24) is 10.3 Å². The van der Waals surface area contributed by atoms with E-state index in [2.05, 4.69) is 27.3 Å². The Kier molecular flexibility index (Phi) is 5.82. The van der Waals surface area contributed by atoms with Crippen LogP contribution in [0.25, 0.3) is 11.3 Å². The maximum Gasteiger partial charge on any atom is 0.341 e. The number of aromatic carboxylic acids is 1. The molecule has 150 valence electrons. The van der Waals surface area contributed by atoms with Crippen molar-refractivity contribution in [1.29, 1.82) is 0 Å². The summed E-state index contributed by atoms with van der Waals surface area (Å²) < 4.78 is 0. The maximum absolute atomic E-state index is 12.1. The lowest BCUT2D eigenvalue weighted by Crippen LogP contribution is -2.48. The van der Waals surface area contributed by atoms with Crippen LogP contribution in [0.2, 0.25) is 0 Å². The summed E-state index contributed by atoms with van der Waals surface area (Å²) in [7, 11) is 2.04. The Bertz CT molecular complexity index is 925. The summed E-state index contributed by atoms with van der Waals surface area (Å²) in [4.78, 5) is 28.5. The molecule has 1 aromatic carbocycles. The van der Waals surface area contributed by atoms with Gasteiger partial charge in [0.05, 0.1) is 5.69 Å². The molecule has 0 amide bonds. The van der Waals surface area contributed by atoms with Crippen LogP contribution in [0.15, 0.2) is 35.1 Å². The lowest BCUT2D eigenvalue weighted by atomic mass is 9.72. The Balaban J connectivity index is 0.00000225. The molecule has 2 aliphatic rings. The fourth-order valence-corrected chi connectivity index (χ4v) is 4.56. The van der Waals surface area contributed by atoms with Crippen molar-refractivity contribution >= 4 is 24.1 Å². The van der Waals surface area contributed by atoms with Gasteiger partial charge in [-0.15, -0.1) is 12.4 Å². The van der Waals surface area contributed by atoms with Crippen LogP contribution in [0, 0.1) is 11.8 Å². The first-order valence-corrected chi connectivity index (χ1v) is 9.54. The zero-order chi connectivity index (χ0) is 19.1. The Morgan fingerprint density at radius 2 is 2.00 bits per heavy atom. The van der Waals surface area contributed by atoms with Gasteiger partial charge >= 0.3 is 5.97 Å². The van der Waals surface area contributed by atoms with E-state index in [9.17, 15) is 9.59 Å². The first-order valence-electron chi connectivity index (χ1n) is 9.54. The minimum Gasteiger partial charge on any atom is -0.477 e.